The smallest absolute Gasteiger partial charge is 0.0896 e. The first-order valence-corrected chi connectivity index (χ1v) is 6.40. The van der Waals surface area contributed by atoms with E-state index in [0.29, 0.717) is 11.8 Å². The topological polar surface area (TPSA) is 25.8 Å². The highest BCUT2D eigenvalue weighted by atomic mass is 32.1. The van der Waals surface area contributed by atoms with E-state index < -0.39 is 0 Å². The Hall–Kier alpha value is -0.480. The minimum absolute atomic E-state index is 0.504. The number of rotatable bonds is 2. The van der Waals surface area contributed by atoms with Gasteiger partial charge >= 0.3 is 0 Å². The van der Waals surface area contributed by atoms with E-state index in [0.717, 1.165) is 0 Å². The van der Waals surface area contributed by atoms with E-state index in [1.165, 1.54) is 20.8 Å². The summed E-state index contributed by atoms with van der Waals surface area (Å²) in [6, 6.07) is 0. The second-order valence-corrected chi connectivity index (χ2v) is 5.65. The van der Waals surface area contributed by atoms with Gasteiger partial charge in [-0.25, -0.2) is 0 Å². The molecule has 0 amide bonds. The summed E-state index contributed by atoms with van der Waals surface area (Å²) in [5, 5.41) is 0. The fourth-order valence-corrected chi connectivity index (χ4v) is 3.86. The zero-order valence-corrected chi connectivity index (χ0v) is 10.5. The molecule has 0 bridgehead atoms. The zero-order valence-electron chi connectivity index (χ0n) is 8.87. The Morgan fingerprint density at radius 3 is 1.43 bits per heavy atom. The van der Waals surface area contributed by atoms with Gasteiger partial charge in [-0.05, 0) is 34.9 Å². The molecule has 0 saturated heterocycles. The molecule has 0 atom stereocenters. The van der Waals surface area contributed by atoms with Crippen molar-refractivity contribution in [3.8, 4) is 0 Å². The van der Waals surface area contributed by atoms with Gasteiger partial charge in [-0.15, -0.1) is 0 Å². The van der Waals surface area contributed by atoms with E-state index in [1.54, 1.807) is 23.1 Å². The van der Waals surface area contributed by atoms with Gasteiger partial charge < -0.3 is 0 Å². The summed E-state index contributed by atoms with van der Waals surface area (Å²) in [5.41, 5.74) is 2.43. The maximum Gasteiger partial charge on any atom is 0.0896 e. The summed E-state index contributed by atoms with van der Waals surface area (Å²) in [4.78, 5) is 0. The second kappa shape index (κ2) is 3.59. The van der Waals surface area contributed by atoms with Crippen LogP contribution in [-0.2, 0) is 0 Å². The highest BCUT2D eigenvalue weighted by Gasteiger charge is 2.17. The van der Waals surface area contributed by atoms with Crippen molar-refractivity contribution in [2.75, 3.05) is 0 Å². The highest BCUT2D eigenvalue weighted by molar-refractivity contribution is 7.22. The first-order chi connectivity index (χ1) is 6.61. The Balaban J connectivity index is 2.61. The average molecular weight is 226 g/mol. The molecule has 0 fully saturated rings. The summed E-state index contributed by atoms with van der Waals surface area (Å²) < 4.78 is 11.6. The van der Waals surface area contributed by atoms with Crippen LogP contribution in [0.1, 0.15) is 50.9 Å². The maximum absolute atomic E-state index is 4.51. The van der Waals surface area contributed by atoms with Crippen molar-refractivity contribution in [1.29, 1.82) is 0 Å². The van der Waals surface area contributed by atoms with Crippen LogP contribution in [0.5, 0.6) is 0 Å². The van der Waals surface area contributed by atoms with Gasteiger partial charge in [0.2, 0.25) is 0 Å². The Labute approximate surface area is 92.3 Å². The van der Waals surface area contributed by atoms with Crippen LogP contribution in [0.2, 0.25) is 0 Å². The van der Waals surface area contributed by atoms with Crippen molar-refractivity contribution in [2.45, 2.75) is 39.5 Å². The van der Waals surface area contributed by atoms with Gasteiger partial charge in [0, 0.05) is 0 Å². The van der Waals surface area contributed by atoms with Gasteiger partial charge in [0.1, 0.15) is 0 Å². The standard InChI is InChI=1S/C10H14N2S2/c1-5(2)7-9-10(14-11-7)8(6(3)4)12-13-9/h5-6H,1-4H3. The molecule has 0 N–H and O–H groups in total. The summed E-state index contributed by atoms with van der Waals surface area (Å²) in [6.45, 7) is 8.74. The van der Waals surface area contributed by atoms with Crippen molar-refractivity contribution in [3.63, 3.8) is 0 Å². The van der Waals surface area contributed by atoms with Crippen molar-refractivity contribution in [3.05, 3.63) is 11.4 Å². The Morgan fingerprint density at radius 1 is 0.786 bits per heavy atom. The molecule has 0 aliphatic carbocycles. The lowest BCUT2D eigenvalue weighted by Gasteiger charge is -1.96. The van der Waals surface area contributed by atoms with Crippen molar-refractivity contribution >= 4 is 32.5 Å². The van der Waals surface area contributed by atoms with Crippen LogP contribution in [-0.4, -0.2) is 8.75 Å². The van der Waals surface area contributed by atoms with E-state index >= 15 is 0 Å². The molecule has 2 heterocycles. The molecule has 2 rings (SSSR count). The average Bonchev–Trinajstić information content (AvgIpc) is 2.59. The summed E-state index contributed by atoms with van der Waals surface area (Å²) in [6.07, 6.45) is 0. The predicted molar refractivity (Wildman–Crippen MR) is 63.5 cm³/mol. The third-order valence-electron chi connectivity index (χ3n) is 2.24. The largest absolute Gasteiger partial charge is 0.195 e. The fourth-order valence-electron chi connectivity index (χ4n) is 1.42. The lowest BCUT2D eigenvalue weighted by Crippen LogP contribution is -1.85. The minimum atomic E-state index is 0.504. The molecule has 0 saturated carbocycles. The molecule has 76 valence electrons. The molecular formula is C10H14N2S2. The summed E-state index contributed by atoms with van der Waals surface area (Å²) in [5.74, 6) is 1.01. The lowest BCUT2D eigenvalue weighted by molar-refractivity contribution is 0.850. The SMILES string of the molecule is CC(C)c1nsc2c(C(C)C)nsc12. The van der Waals surface area contributed by atoms with E-state index in [-0.39, 0.29) is 0 Å². The van der Waals surface area contributed by atoms with Gasteiger partial charge in [-0.2, -0.15) is 8.75 Å². The molecule has 4 heteroatoms. The molecule has 0 aromatic carbocycles. The number of fused-ring (bicyclic) bond motifs is 1. The molecule has 0 aliphatic heterocycles. The van der Waals surface area contributed by atoms with E-state index in [1.807, 2.05) is 0 Å². The quantitative estimate of drug-likeness (QED) is 0.773. The van der Waals surface area contributed by atoms with Gasteiger partial charge in [0.15, 0.2) is 0 Å². The van der Waals surface area contributed by atoms with Gasteiger partial charge in [-0.1, -0.05) is 27.7 Å². The summed E-state index contributed by atoms with van der Waals surface area (Å²) >= 11 is 3.20. The normalized spacial score (nSPS) is 12.1. The molecule has 2 aromatic rings. The molecular weight excluding hydrogens is 212 g/mol. The molecule has 0 radical (unpaired) electrons. The first-order valence-electron chi connectivity index (χ1n) is 4.86. The van der Waals surface area contributed by atoms with Crippen LogP contribution >= 0.6 is 23.1 Å². The van der Waals surface area contributed by atoms with Crippen LogP contribution < -0.4 is 0 Å². The van der Waals surface area contributed by atoms with Crippen LogP contribution in [0.15, 0.2) is 0 Å². The molecule has 14 heavy (non-hydrogen) atoms. The minimum Gasteiger partial charge on any atom is -0.195 e. The lowest BCUT2D eigenvalue weighted by atomic mass is 10.1. The fraction of sp³-hybridized carbons (Fsp3) is 0.600. The second-order valence-electron chi connectivity index (χ2n) is 4.10. The first kappa shape index (κ1) is 10.1. The summed E-state index contributed by atoms with van der Waals surface area (Å²) in [7, 11) is 0. The third kappa shape index (κ3) is 1.46. The van der Waals surface area contributed by atoms with Crippen molar-refractivity contribution in [2.24, 2.45) is 0 Å². The van der Waals surface area contributed by atoms with Gasteiger partial charge in [0.05, 0.1) is 20.8 Å². The van der Waals surface area contributed by atoms with Crippen LogP contribution in [0.4, 0.5) is 0 Å². The van der Waals surface area contributed by atoms with Gasteiger partial charge in [0.25, 0.3) is 0 Å². The Morgan fingerprint density at radius 2 is 1.14 bits per heavy atom. The highest BCUT2D eigenvalue weighted by Crippen LogP contribution is 2.36. The van der Waals surface area contributed by atoms with Crippen molar-refractivity contribution in [1.82, 2.24) is 8.75 Å². The molecule has 0 unspecified atom stereocenters. The van der Waals surface area contributed by atoms with Crippen LogP contribution in [0.3, 0.4) is 0 Å². The molecule has 2 aromatic heterocycles. The van der Waals surface area contributed by atoms with E-state index in [4.69, 9.17) is 0 Å². The molecule has 0 spiro atoms. The maximum atomic E-state index is 4.51. The third-order valence-corrected chi connectivity index (χ3v) is 4.13. The Bertz CT molecular complexity index is 398. The number of hydrogen-bond donors (Lipinski definition) is 0. The van der Waals surface area contributed by atoms with Crippen LogP contribution in [0.25, 0.3) is 9.40 Å². The predicted octanol–water partition coefficient (Wildman–Crippen LogP) is 4.00. The Kier molecular flexibility index (Phi) is 2.58. The van der Waals surface area contributed by atoms with E-state index in [9.17, 15) is 0 Å². The monoisotopic (exact) mass is 226 g/mol. The number of hydrogen-bond acceptors (Lipinski definition) is 4. The van der Waals surface area contributed by atoms with Crippen LogP contribution in [0, 0.1) is 0 Å². The molecule has 2 nitrogen and oxygen atoms in total. The van der Waals surface area contributed by atoms with Gasteiger partial charge in [-0.3, -0.25) is 0 Å². The molecule has 0 aliphatic rings. The van der Waals surface area contributed by atoms with E-state index in [2.05, 4.69) is 36.4 Å². The van der Waals surface area contributed by atoms with Crippen molar-refractivity contribution < 1.29 is 0 Å². The number of nitrogens with zero attached hydrogens (tertiary/aromatic N) is 2. The number of aromatic nitrogens is 2. The zero-order chi connectivity index (χ0) is 10.3.